The average molecular weight is 439 g/mol. The zero-order valence-electron chi connectivity index (χ0n) is 17.1. The summed E-state index contributed by atoms with van der Waals surface area (Å²) in [4.78, 5) is 31.7. The number of hydrogen-bond donors (Lipinski definition) is 1. The SMILES string of the molecule is CC(C)CCOc1cccc(C2C(C(=O)c3ccco3)=C(O)C(=O)N2c2nccs2)c1. The van der Waals surface area contributed by atoms with Crippen LogP contribution in [0.2, 0.25) is 0 Å². The van der Waals surface area contributed by atoms with Crippen molar-refractivity contribution in [1.29, 1.82) is 0 Å². The Labute approximate surface area is 183 Å². The smallest absolute Gasteiger partial charge is 0.296 e. The number of furan rings is 1. The lowest BCUT2D eigenvalue weighted by atomic mass is 9.95. The highest BCUT2D eigenvalue weighted by Gasteiger charge is 2.46. The maximum atomic E-state index is 13.2. The highest BCUT2D eigenvalue weighted by Crippen LogP contribution is 2.43. The summed E-state index contributed by atoms with van der Waals surface area (Å²) in [7, 11) is 0. The molecule has 0 fully saturated rings. The van der Waals surface area contributed by atoms with Gasteiger partial charge in [0.15, 0.2) is 16.7 Å². The molecule has 160 valence electrons. The van der Waals surface area contributed by atoms with E-state index in [0.717, 1.165) is 6.42 Å². The molecular weight excluding hydrogens is 416 g/mol. The molecule has 3 heterocycles. The molecule has 0 bridgehead atoms. The largest absolute Gasteiger partial charge is 0.503 e. The summed E-state index contributed by atoms with van der Waals surface area (Å²) in [5.74, 6) is -0.654. The second-order valence-corrected chi connectivity index (χ2v) is 8.44. The molecule has 2 aromatic heterocycles. The minimum atomic E-state index is -0.857. The minimum Gasteiger partial charge on any atom is -0.503 e. The Kier molecular flexibility index (Phi) is 5.90. The van der Waals surface area contributed by atoms with Crippen molar-refractivity contribution in [2.24, 2.45) is 5.92 Å². The number of ketones is 1. The number of nitrogens with zero attached hydrogens (tertiary/aromatic N) is 2. The number of carbonyl (C=O) groups is 2. The van der Waals surface area contributed by atoms with Gasteiger partial charge in [-0.25, -0.2) is 4.98 Å². The van der Waals surface area contributed by atoms with Crippen LogP contribution in [-0.2, 0) is 4.79 Å². The molecule has 31 heavy (non-hydrogen) atoms. The van der Waals surface area contributed by atoms with E-state index >= 15 is 0 Å². The molecule has 0 aliphatic carbocycles. The van der Waals surface area contributed by atoms with Crippen LogP contribution in [0.5, 0.6) is 5.75 Å². The van der Waals surface area contributed by atoms with Crippen molar-refractivity contribution in [2.45, 2.75) is 26.3 Å². The molecule has 0 spiro atoms. The zero-order valence-corrected chi connectivity index (χ0v) is 18.0. The standard InChI is InChI=1S/C23H22N2O5S/c1-14(2)8-11-29-16-6-3-5-15(13-16)19-18(20(26)17-7-4-10-30-17)21(27)22(28)25(19)23-24-9-12-31-23/h3-7,9-10,12-14,19,27H,8,11H2,1-2H3. The Hall–Kier alpha value is -3.39. The Morgan fingerprint density at radius 2 is 2.16 bits per heavy atom. The monoisotopic (exact) mass is 438 g/mol. The molecule has 0 saturated carbocycles. The van der Waals surface area contributed by atoms with Crippen molar-refractivity contribution in [3.63, 3.8) is 0 Å². The Balaban J connectivity index is 1.75. The van der Waals surface area contributed by atoms with Gasteiger partial charge < -0.3 is 14.3 Å². The van der Waals surface area contributed by atoms with Crippen LogP contribution in [0.25, 0.3) is 0 Å². The number of Topliss-reactive ketones (excluding diaryl/α,β-unsaturated/α-hetero) is 1. The van der Waals surface area contributed by atoms with Crippen LogP contribution in [0.15, 0.2) is 70.0 Å². The molecule has 1 amide bonds. The molecule has 0 saturated heterocycles. The van der Waals surface area contributed by atoms with E-state index in [1.54, 1.807) is 35.8 Å². The van der Waals surface area contributed by atoms with Gasteiger partial charge in [0.05, 0.1) is 24.5 Å². The van der Waals surface area contributed by atoms with Gasteiger partial charge in [0.2, 0.25) is 5.78 Å². The van der Waals surface area contributed by atoms with E-state index in [1.165, 1.54) is 28.6 Å². The number of rotatable bonds is 8. The number of anilines is 1. The van der Waals surface area contributed by atoms with Gasteiger partial charge in [-0.3, -0.25) is 14.5 Å². The fourth-order valence-corrected chi connectivity index (χ4v) is 4.08. The van der Waals surface area contributed by atoms with Crippen molar-refractivity contribution in [3.8, 4) is 5.75 Å². The van der Waals surface area contributed by atoms with E-state index in [0.29, 0.717) is 29.0 Å². The second-order valence-electron chi connectivity index (χ2n) is 7.56. The highest BCUT2D eigenvalue weighted by atomic mass is 32.1. The van der Waals surface area contributed by atoms with Gasteiger partial charge in [-0.2, -0.15) is 0 Å². The number of aliphatic hydroxyl groups excluding tert-OH is 1. The third kappa shape index (κ3) is 4.11. The van der Waals surface area contributed by atoms with E-state index in [9.17, 15) is 14.7 Å². The van der Waals surface area contributed by atoms with Gasteiger partial charge in [0.25, 0.3) is 5.91 Å². The molecule has 1 atom stereocenters. The highest BCUT2D eigenvalue weighted by molar-refractivity contribution is 7.13. The molecule has 0 radical (unpaired) electrons. The normalized spacial score (nSPS) is 16.4. The van der Waals surface area contributed by atoms with E-state index < -0.39 is 23.5 Å². The number of carbonyl (C=O) groups excluding carboxylic acids is 2. The van der Waals surface area contributed by atoms with Crippen molar-refractivity contribution < 1.29 is 23.8 Å². The first kappa shape index (κ1) is 20.9. The number of aliphatic hydroxyl groups is 1. The van der Waals surface area contributed by atoms with Crippen molar-refractivity contribution >= 4 is 28.2 Å². The summed E-state index contributed by atoms with van der Waals surface area (Å²) >= 11 is 1.25. The lowest BCUT2D eigenvalue weighted by molar-refractivity contribution is -0.117. The summed E-state index contributed by atoms with van der Waals surface area (Å²) in [6.45, 7) is 4.80. The number of amides is 1. The van der Waals surface area contributed by atoms with Gasteiger partial charge in [0, 0.05) is 11.6 Å². The first-order valence-corrected chi connectivity index (χ1v) is 10.8. The van der Waals surface area contributed by atoms with Gasteiger partial charge in [-0.05, 0) is 42.2 Å². The summed E-state index contributed by atoms with van der Waals surface area (Å²) in [6.07, 6.45) is 3.85. The maximum Gasteiger partial charge on any atom is 0.296 e. The number of ether oxygens (including phenoxy) is 1. The molecule has 1 aliphatic rings. The summed E-state index contributed by atoms with van der Waals surface area (Å²) < 4.78 is 11.1. The van der Waals surface area contributed by atoms with Crippen LogP contribution >= 0.6 is 11.3 Å². The minimum absolute atomic E-state index is 0.0460. The molecule has 4 rings (SSSR count). The van der Waals surface area contributed by atoms with Gasteiger partial charge in [-0.15, -0.1) is 11.3 Å². The van der Waals surface area contributed by atoms with Crippen LogP contribution in [0.1, 0.15) is 42.4 Å². The van der Waals surface area contributed by atoms with Gasteiger partial charge >= 0.3 is 0 Å². The lowest BCUT2D eigenvalue weighted by Crippen LogP contribution is -2.30. The number of benzene rings is 1. The Bertz CT molecular complexity index is 1100. The van der Waals surface area contributed by atoms with Crippen LogP contribution in [0, 0.1) is 5.92 Å². The average Bonchev–Trinajstić information content (AvgIpc) is 3.50. The number of thiazole rings is 1. The lowest BCUT2D eigenvalue weighted by Gasteiger charge is -2.24. The van der Waals surface area contributed by atoms with E-state index in [-0.39, 0.29) is 11.3 Å². The second kappa shape index (κ2) is 8.77. The molecule has 8 heteroatoms. The number of hydrogen-bond acceptors (Lipinski definition) is 7. The van der Waals surface area contributed by atoms with E-state index in [1.807, 2.05) is 6.07 Å². The Morgan fingerprint density at radius 3 is 2.84 bits per heavy atom. The summed E-state index contributed by atoms with van der Waals surface area (Å²) in [6, 6.07) is 9.43. The number of aromatic nitrogens is 1. The summed E-state index contributed by atoms with van der Waals surface area (Å²) in [5.41, 5.74) is 0.582. The molecule has 1 N–H and O–H groups in total. The van der Waals surface area contributed by atoms with Crippen LogP contribution < -0.4 is 9.64 Å². The molecule has 1 aromatic carbocycles. The molecule has 7 nitrogen and oxygen atoms in total. The maximum absolute atomic E-state index is 13.2. The van der Waals surface area contributed by atoms with Crippen LogP contribution in [-0.4, -0.2) is 28.4 Å². The fourth-order valence-electron chi connectivity index (χ4n) is 3.41. The van der Waals surface area contributed by atoms with Crippen molar-refractivity contribution in [2.75, 3.05) is 11.5 Å². The van der Waals surface area contributed by atoms with E-state index in [2.05, 4.69) is 18.8 Å². The van der Waals surface area contributed by atoms with Gasteiger partial charge in [-0.1, -0.05) is 26.0 Å². The van der Waals surface area contributed by atoms with E-state index in [4.69, 9.17) is 9.15 Å². The molecular formula is C23H22N2O5S. The topological polar surface area (TPSA) is 92.9 Å². The van der Waals surface area contributed by atoms with Crippen LogP contribution in [0.3, 0.4) is 0 Å². The molecule has 1 aliphatic heterocycles. The Morgan fingerprint density at radius 1 is 1.32 bits per heavy atom. The van der Waals surface area contributed by atoms with Crippen LogP contribution in [0.4, 0.5) is 5.13 Å². The van der Waals surface area contributed by atoms with Crippen molar-refractivity contribution in [1.82, 2.24) is 4.98 Å². The molecule has 3 aromatic rings. The van der Waals surface area contributed by atoms with Gasteiger partial charge in [0.1, 0.15) is 5.75 Å². The molecule has 1 unspecified atom stereocenters. The predicted octanol–water partition coefficient (Wildman–Crippen LogP) is 4.94. The predicted molar refractivity (Wildman–Crippen MR) is 116 cm³/mol. The zero-order chi connectivity index (χ0) is 22.0. The quantitative estimate of drug-likeness (QED) is 0.501. The van der Waals surface area contributed by atoms with Crippen molar-refractivity contribution in [3.05, 3.63) is 76.9 Å². The third-order valence-electron chi connectivity index (χ3n) is 4.96. The first-order valence-electron chi connectivity index (χ1n) is 9.94. The third-order valence-corrected chi connectivity index (χ3v) is 5.73. The first-order chi connectivity index (χ1) is 15.0. The fraction of sp³-hybridized carbons (Fsp3) is 0.261. The summed E-state index contributed by atoms with van der Waals surface area (Å²) in [5, 5.41) is 12.8.